The Kier molecular flexibility index (Phi) is 4.78. The average Bonchev–Trinajstić information content (AvgIpc) is 2.99. The number of halogens is 1. The fourth-order valence-electron chi connectivity index (χ4n) is 1.64. The Hall–Kier alpha value is -1.39. The maximum Gasteiger partial charge on any atom is 0.244 e. The van der Waals surface area contributed by atoms with E-state index in [9.17, 15) is 4.79 Å². The fourth-order valence-corrected chi connectivity index (χ4v) is 2.84. The molecule has 2 rings (SSSR count). The van der Waals surface area contributed by atoms with Crippen molar-refractivity contribution in [3.05, 3.63) is 10.7 Å². The van der Waals surface area contributed by atoms with Gasteiger partial charge in [-0.1, -0.05) is 11.8 Å². The van der Waals surface area contributed by atoms with Crippen LogP contribution in [0.5, 0.6) is 0 Å². The molecule has 1 amide bonds. The zero-order chi connectivity index (χ0) is 14.7. The first-order chi connectivity index (χ1) is 9.58. The number of rotatable bonds is 5. The number of nitrogens with one attached hydrogen (secondary N) is 1. The lowest BCUT2D eigenvalue weighted by Crippen LogP contribution is -2.31. The predicted octanol–water partition coefficient (Wildman–Crippen LogP) is 0.543. The van der Waals surface area contributed by atoms with E-state index in [1.54, 1.807) is 6.20 Å². The summed E-state index contributed by atoms with van der Waals surface area (Å²) in [5, 5.41) is 13.1. The van der Waals surface area contributed by atoms with Gasteiger partial charge in [0.15, 0.2) is 11.0 Å². The molecule has 0 radical (unpaired) electrons. The minimum absolute atomic E-state index is 0.191. The molecule has 0 aliphatic rings. The lowest BCUT2D eigenvalue weighted by atomic mass is 10.4. The molecule has 108 valence electrons. The molecule has 2 aromatic heterocycles. The van der Waals surface area contributed by atoms with E-state index in [0.29, 0.717) is 11.0 Å². The van der Waals surface area contributed by atoms with Crippen LogP contribution in [0, 0.1) is 0 Å². The van der Waals surface area contributed by atoms with E-state index >= 15 is 0 Å². The third-order valence-electron chi connectivity index (χ3n) is 2.63. The summed E-state index contributed by atoms with van der Waals surface area (Å²) in [6.07, 6.45) is 1.72. The second kappa shape index (κ2) is 6.37. The number of nitrogens with two attached hydrogens (primary N) is 1. The second-order valence-corrected chi connectivity index (χ2v) is 5.68. The van der Waals surface area contributed by atoms with Gasteiger partial charge in [-0.3, -0.25) is 14.9 Å². The third kappa shape index (κ3) is 2.86. The number of hydrazine groups is 1. The quantitative estimate of drug-likeness (QED) is 0.349. The van der Waals surface area contributed by atoms with Crippen LogP contribution < -0.4 is 11.3 Å². The zero-order valence-electron chi connectivity index (χ0n) is 11.0. The van der Waals surface area contributed by atoms with Crippen LogP contribution in [0.4, 0.5) is 0 Å². The minimum Gasteiger partial charge on any atom is -0.304 e. The average molecular weight is 360 g/mol. The highest BCUT2D eigenvalue weighted by molar-refractivity contribution is 9.10. The van der Waals surface area contributed by atoms with Gasteiger partial charge in [-0.25, -0.2) is 5.84 Å². The van der Waals surface area contributed by atoms with Gasteiger partial charge in [-0.2, -0.15) is 5.10 Å². The molecule has 0 aliphatic heterocycles. The van der Waals surface area contributed by atoms with Crippen LogP contribution in [0.25, 0.3) is 11.5 Å². The second-order valence-electron chi connectivity index (χ2n) is 3.88. The summed E-state index contributed by atoms with van der Waals surface area (Å²) in [5.74, 6) is 5.65. The van der Waals surface area contributed by atoms with Crippen molar-refractivity contribution in [1.82, 2.24) is 30.0 Å². The molecular formula is C10H14BrN7OS. The van der Waals surface area contributed by atoms with Crippen LogP contribution in [-0.2, 0) is 18.4 Å². The Morgan fingerprint density at radius 2 is 2.30 bits per heavy atom. The zero-order valence-corrected chi connectivity index (χ0v) is 13.4. The summed E-state index contributed by atoms with van der Waals surface area (Å²) in [6, 6.07) is 0. The Morgan fingerprint density at radius 3 is 2.95 bits per heavy atom. The van der Waals surface area contributed by atoms with Gasteiger partial charge in [-0.15, -0.1) is 10.2 Å². The molecule has 8 nitrogen and oxygen atoms in total. The number of nitrogens with zero attached hydrogens (tertiary/aromatic N) is 5. The number of thioether (sulfide) groups is 1. The van der Waals surface area contributed by atoms with Gasteiger partial charge in [-0.05, 0) is 22.9 Å². The number of amides is 1. The molecule has 10 heteroatoms. The molecule has 0 unspecified atom stereocenters. The maximum absolute atomic E-state index is 11.2. The van der Waals surface area contributed by atoms with Crippen LogP contribution in [-0.4, -0.2) is 36.2 Å². The molecule has 0 saturated heterocycles. The SMILES string of the molecule is CCn1ncc(Br)c1-c1nnc(SCC(=O)NN)n1C. The molecule has 2 heterocycles. The van der Waals surface area contributed by atoms with Crippen LogP contribution >= 0.6 is 27.7 Å². The number of hydrogen-bond donors (Lipinski definition) is 2. The summed E-state index contributed by atoms with van der Waals surface area (Å²) < 4.78 is 4.50. The first-order valence-corrected chi connectivity index (χ1v) is 7.59. The highest BCUT2D eigenvalue weighted by Crippen LogP contribution is 2.28. The number of hydrogen-bond acceptors (Lipinski definition) is 6. The summed E-state index contributed by atoms with van der Waals surface area (Å²) in [5.41, 5.74) is 2.94. The normalized spacial score (nSPS) is 10.8. The largest absolute Gasteiger partial charge is 0.304 e. The van der Waals surface area contributed by atoms with Crippen LogP contribution in [0.2, 0.25) is 0 Å². The summed E-state index contributed by atoms with van der Waals surface area (Å²) >= 11 is 4.73. The van der Waals surface area contributed by atoms with E-state index in [-0.39, 0.29) is 11.7 Å². The molecule has 0 fully saturated rings. The summed E-state index contributed by atoms with van der Waals surface area (Å²) in [7, 11) is 1.84. The van der Waals surface area contributed by atoms with Crippen molar-refractivity contribution in [2.45, 2.75) is 18.6 Å². The number of aromatic nitrogens is 5. The van der Waals surface area contributed by atoms with Crippen molar-refractivity contribution >= 4 is 33.6 Å². The molecule has 0 bridgehead atoms. The Labute approximate surface area is 128 Å². The number of carbonyl (C=O) groups excluding carboxylic acids is 1. The molecule has 0 spiro atoms. The van der Waals surface area contributed by atoms with E-state index in [2.05, 4.69) is 36.7 Å². The van der Waals surface area contributed by atoms with Crippen LogP contribution in [0.3, 0.4) is 0 Å². The van der Waals surface area contributed by atoms with E-state index in [0.717, 1.165) is 16.7 Å². The van der Waals surface area contributed by atoms with Crippen molar-refractivity contribution in [2.75, 3.05) is 5.75 Å². The lowest BCUT2D eigenvalue weighted by Gasteiger charge is -2.06. The molecule has 20 heavy (non-hydrogen) atoms. The van der Waals surface area contributed by atoms with Gasteiger partial charge in [0, 0.05) is 13.6 Å². The lowest BCUT2D eigenvalue weighted by molar-refractivity contribution is -0.118. The highest BCUT2D eigenvalue weighted by Gasteiger charge is 2.18. The molecule has 0 aromatic carbocycles. The topological polar surface area (TPSA) is 104 Å². The molecule has 0 saturated carbocycles. The van der Waals surface area contributed by atoms with Gasteiger partial charge < -0.3 is 4.57 Å². The Balaban J connectivity index is 2.28. The Morgan fingerprint density at radius 1 is 1.55 bits per heavy atom. The van der Waals surface area contributed by atoms with Crippen molar-refractivity contribution in [3.63, 3.8) is 0 Å². The monoisotopic (exact) mass is 359 g/mol. The van der Waals surface area contributed by atoms with E-state index in [1.807, 2.05) is 23.2 Å². The van der Waals surface area contributed by atoms with Gasteiger partial charge in [0.05, 0.1) is 16.4 Å². The van der Waals surface area contributed by atoms with Crippen molar-refractivity contribution in [3.8, 4) is 11.5 Å². The van der Waals surface area contributed by atoms with Gasteiger partial charge in [0.1, 0.15) is 5.69 Å². The van der Waals surface area contributed by atoms with Crippen molar-refractivity contribution in [1.29, 1.82) is 0 Å². The molecule has 2 aromatic rings. The number of aryl methyl sites for hydroxylation is 1. The Bertz CT molecular complexity index is 623. The third-order valence-corrected chi connectivity index (χ3v) is 4.23. The van der Waals surface area contributed by atoms with Gasteiger partial charge in [0.25, 0.3) is 0 Å². The highest BCUT2D eigenvalue weighted by atomic mass is 79.9. The molecule has 0 aliphatic carbocycles. The smallest absolute Gasteiger partial charge is 0.244 e. The summed E-state index contributed by atoms with van der Waals surface area (Å²) in [6.45, 7) is 2.73. The fraction of sp³-hybridized carbons (Fsp3) is 0.400. The van der Waals surface area contributed by atoms with Crippen LogP contribution in [0.1, 0.15) is 6.92 Å². The number of carbonyl (C=O) groups is 1. The summed E-state index contributed by atoms with van der Waals surface area (Å²) in [4.78, 5) is 11.2. The molecule has 0 atom stereocenters. The van der Waals surface area contributed by atoms with E-state index in [1.165, 1.54) is 11.8 Å². The minimum atomic E-state index is -0.265. The molecule has 3 N–H and O–H groups in total. The van der Waals surface area contributed by atoms with Crippen molar-refractivity contribution < 1.29 is 4.79 Å². The maximum atomic E-state index is 11.2. The van der Waals surface area contributed by atoms with Crippen LogP contribution in [0.15, 0.2) is 15.8 Å². The predicted molar refractivity (Wildman–Crippen MR) is 78.7 cm³/mol. The van der Waals surface area contributed by atoms with E-state index < -0.39 is 0 Å². The van der Waals surface area contributed by atoms with E-state index in [4.69, 9.17) is 5.84 Å². The first-order valence-electron chi connectivity index (χ1n) is 5.81. The first kappa shape index (κ1) is 15.0. The standard InChI is InChI=1S/C10H14BrN7OS/c1-3-18-8(6(11)4-13-18)9-15-16-10(17(9)2)20-5-7(19)14-12/h4H,3,5,12H2,1-2H3,(H,14,19). The van der Waals surface area contributed by atoms with Crippen molar-refractivity contribution in [2.24, 2.45) is 12.9 Å². The van der Waals surface area contributed by atoms with Gasteiger partial charge >= 0.3 is 0 Å². The van der Waals surface area contributed by atoms with Gasteiger partial charge in [0.2, 0.25) is 5.91 Å². The molecular weight excluding hydrogens is 346 g/mol.